The number of ether oxygens (including phenoxy) is 1. The molecule has 0 aliphatic heterocycles. The number of amides is 1. The minimum Gasteiger partial charge on any atom is -0.444 e. The molecular weight excluding hydrogens is 322 g/mol. The van der Waals surface area contributed by atoms with Crippen LogP contribution < -0.4 is 5.32 Å². The van der Waals surface area contributed by atoms with Crippen LogP contribution in [0.25, 0.3) is 11.6 Å². The van der Waals surface area contributed by atoms with Crippen molar-refractivity contribution in [2.24, 2.45) is 5.92 Å². The minimum absolute atomic E-state index is 0.266. The number of carbonyl (C=O) groups is 1. The molecule has 0 aliphatic carbocycles. The molecule has 2 aromatic rings. The van der Waals surface area contributed by atoms with Crippen molar-refractivity contribution in [1.29, 1.82) is 0 Å². The van der Waals surface area contributed by atoms with Crippen molar-refractivity contribution in [3.05, 3.63) is 23.9 Å². The summed E-state index contributed by atoms with van der Waals surface area (Å²) in [5.41, 5.74) is 0.713. The fourth-order valence-electron chi connectivity index (χ4n) is 2.13. The van der Waals surface area contributed by atoms with Crippen molar-refractivity contribution >= 4 is 6.09 Å². The van der Waals surface area contributed by atoms with Crippen LogP contribution in [0.3, 0.4) is 0 Å². The Labute approximate surface area is 147 Å². The van der Waals surface area contributed by atoms with Crippen LogP contribution in [0.2, 0.25) is 0 Å². The monoisotopic (exact) mass is 347 g/mol. The summed E-state index contributed by atoms with van der Waals surface area (Å²) < 4.78 is 10.6. The molecule has 0 fully saturated rings. The topological polar surface area (TPSA) is 103 Å². The van der Waals surface area contributed by atoms with E-state index < -0.39 is 17.7 Å². The first kappa shape index (κ1) is 18.8. The van der Waals surface area contributed by atoms with Gasteiger partial charge >= 0.3 is 6.09 Å². The quantitative estimate of drug-likeness (QED) is 0.883. The summed E-state index contributed by atoms with van der Waals surface area (Å²) in [6, 6.07) is -0.411. The van der Waals surface area contributed by atoms with Crippen molar-refractivity contribution in [3.8, 4) is 11.6 Å². The average Bonchev–Trinajstić information content (AvgIpc) is 2.94. The van der Waals surface area contributed by atoms with Crippen LogP contribution in [0.4, 0.5) is 4.79 Å². The summed E-state index contributed by atoms with van der Waals surface area (Å²) in [6.07, 6.45) is 3.34. The van der Waals surface area contributed by atoms with Crippen molar-refractivity contribution in [3.63, 3.8) is 0 Å². The maximum Gasteiger partial charge on any atom is 0.408 e. The van der Waals surface area contributed by atoms with Gasteiger partial charge in [0.05, 0.1) is 17.9 Å². The molecule has 0 radical (unpaired) electrons. The molecule has 0 aromatic carbocycles. The lowest BCUT2D eigenvalue weighted by Crippen LogP contribution is -2.35. The van der Waals surface area contributed by atoms with Crippen molar-refractivity contribution in [1.82, 2.24) is 25.4 Å². The summed E-state index contributed by atoms with van der Waals surface area (Å²) in [6.45, 7) is 11.4. The van der Waals surface area contributed by atoms with E-state index in [0.717, 1.165) is 5.69 Å². The summed E-state index contributed by atoms with van der Waals surface area (Å²) in [5.74, 6) is 0.972. The molecule has 1 unspecified atom stereocenters. The average molecular weight is 347 g/mol. The fraction of sp³-hybridized carbons (Fsp3) is 0.588. The molecule has 136 valence electrons. The van der Waals surface area contributed by atoms with Crippen LogP contribution in [0.15, 0.2) is 16.9 Å². The molecule has 2 rings (SSSR count). The van der Waals surface area contributed by atoms with Gasteiger partial charge in [0.1, 0.15) is 11.3 Å². The van der Waals surface area contributed by atoms with Gasteiger partial charge in [0.2, 0.25) is 0 Å². The molecule has 8 heteroatoms. The van der Waals surface area contributed by atoms with Gasteiger partial charge in [-0.05, 0) is 40.0 Å². The van der Waals surface area contributed by atoms with Gasteiger partial charge in [-0.15, -0.1) is 0 Å². The maximum absolute atomic E-state index is 12.1. The Bertz CT molecular complexity index is 704. The Morgan fingerprint density at radius 2 is 2.00 bits per heavy atom. The number of alkyl carbamates (subject to hydrolysis) is 1. The standard InChI is InChI=1S/C17H25N5O3/c1-10(2)7-12(20-16(23)24-17(4,5)6)14-21-15(25-22-14)13-9-18-11(3)8-19-13/h8-10,12H,7H2,1-6H3,(H,20,23). The van der Waals surface area contributed by atoms with Gasteiger partial charge in [-0.1, -0.05) is 19.0 Å². The Hall–Kier alpha value is -2.51. The van der Waals surface area contributed by atoms with Crippen LogP contribution in [-0.2, 0) is 4.74 Å². The molecule has 25 heavy (non-hydrogen) atoms. The Kier molecular flexibility index (Phi) is 5.71. The van der Waals surface area contributed by atoms with E-state index in [-0.39, 0.29) is 5.89 Å². The third kappa shape index (κ3) is 5.81. The van der Waals surface area contributed by atoms with Crippen LogP contribution >= 0.6 is 0 Å². The third-order valence-corrected chi connectivity index (χ3v) is 3.15. The van der Waals surface area contributed by atoms with E-state index in [9.17, 15) is 4.79 Å². The largest absolute Gasteiger partial charge is 0.444 e. The minimum atomic E-state index is -0.577. The van der Waals surface area contributed by atoms with Gasteiger partial charge in [0, 0.05) is 6.20 Å². The molecule has 1 atom stereocenters. The summed E-state index contributed by atoms with van der Waals surface area (Å²) >= 11 is 0. The lowest BCUT2D eigenvalue weighted by atomic mass is 10.0. The highest BCUT2D eigenvalue weighted by molar-refractivity contribution is 5.68. The SMILES string of the molecule is Cc1cnc(-c2nc(C(CC(C)C)NC(=O)OC(C)(C)C)no2)cn1. The second-order valence-electron chi connectivity index (χ2n) is 7.33. The second-order valence-corrected chi connectivity index (χ2v) is 7.33. The van der Waals surface area contributed by atoms with Crippen molar-refractivity contribution in [2.45, 2.75) is 59.6 Å². The number of nitrogens with one attached hydrogen (secondary N) is 1. The number of aromatic nitrogens is 4. The molecule has 0 saturated heterocycles. The molecule has 1 amide bonds. The van der Waals surface area contributed by atoms with Gasteiger partial charge in [0.25, 0.3) is 5.89 Å². The number of hydrogen-bond donors (Lipinski definition) is 1. The van der Waals surface area contributed by atoms with Crippen LogP contribution in [0, 0.1) is 12.8 Å². The zero-order valence-electron chi connectivity index (χ0n) is 15.5. The van der Waals surface area contributed by atoms with E-state index in [1.807, 2.05) is 27.7 Å². The van der Waals surface area contributed by atoms with E-state index in [2.05, 4.69) is 39.3 Å². The fourth-order valence-corrected chi connectivity index (χ4v) is 2.13. The van der Waals surface area contributed by atoms with E-state index in [4.69, 9.17) is 9.26 Å². The zero-order valence-corrected chi connectivity index (χ0v) is 15.5. The number of rotatable bonds is 5. The predicted octanol–water partition coefficient (Wildman–Crippen LogP) is 3.45. The van der Waals surface area contributed by atoms with E-state index in [0.29, 0.717) is 23.9 Å². The molecular formula is C17H25N5O3. The molecule has 0 saturated carbocycles. The summed E-state index contributed by atoms with van der Waals surface area (Å²) in [5, 5.41) is 6.81. The highest BCUT2D eigenvalue weighted by atomic mass is 16.6. The maximum atomic E-state index is 12.1. The molecule has 0 bridgehead atoms. The van der Waals surface area contributed by atoms with Crippen LogP contribution in [0.1, 0.15) is 58.6 Å². The smallest absolute Gasteiger partial charge is 0.408 e. The molecule has 2 aromatic heterocycles. The molecule has 1 N–H and O–H groups in total. The highest BCUT2D eigenvalue weighted by Crippen LogP contribution is 2.22. The molecule has 0 spiro atoms. The number of hydrogen-bond acceptors (Lipinski definition) is 7. The Morgan fingerprint density at radius 1 is 1.28 bits per heavy atom. The molecule has 8 nitrogen and oxygen atoms in total. The van der Waals surface area contributed by atoms with Gasteiger partial charge in [0.15, 0.2) is 5.82 Å². The lowest BCUT2D eigenvalue weighted by molar-refractivity contribution is 0.0494. The van der Waals surface area contributed by atoms with E-state index >= 15 is 0 Å². The summed E-state index contributed by atoms with van der Waals surface area (Å²) in [4.78, 5) is 24.8. The molecule has 0 aliphatic rings. The first-order valence-corrected chi connectivity index (χ1v) is 8.26. The van der Waals surface area contributed by atoms with Crippen LogP contribution in [-0.4, -0.2) is 31.8 Å². The third-order valence-electron chi connectivity index (χ3n) is 3.15. The van der Waals surface area contributed by atoms with E-state index in [1.165, 1.54) is 0 Å². The van der Waals surface area contributed by atoms with Gasteiger partial charge in [-0.25, -0.2) is 9.78 Å². The number of nitrogens with zero attached hydrogens (tertiary/aromatic N) is 4. The summed E-state index contributed by atoms with van der Waals surface area (Å²) in [7, 11) is 0. The first-order valence-electron chi connectivity index (χ1n) is 8.26. The normalized spacial score (nSPS) is 12.9. The lowest BCUT2D eigenvalue weighted by Gasteiger charge is -2.23. The second kappa shape index (κ2) is 7.58. The number of carbonyl (C=O) groups excluding carboxylic acids is 1. The first-order chi connectivity index (χ1) is 11.6. The van der Waals surface area contributed by atoms with E-state index in [1.54, 1.807) is 12.4 Å². The van der Waals surface area contributed by atoms with Crippen molar-refractivity contribution < 1.29 is 14.1 Å². The number of aryl methyl sites for hydroxylation is 1. The van der Waals surface area contributed by atoms with Gasteiger partial charge < -0.3 is 14.6 Å². The van der Waals surface area contributed by atoms with Gasteiger partial charge in [-0.2, -0.15) is 4.98 Å². The van der Waals surface area contributed by atoms with Gasteiger partial charge in [-0.3, -0.25) is 4.98 Å². The molecule has 2 heterocycles. The highest BCUT2D eigenvalue weighted by Gasteiger charge is 2.25. The zero-order chi connectivity index (χ0) is 18.6. The predicted molar refractivity (Wildman–Crippen MR) is 91.6 cm³/mol. The Balaban J connectivity index is 2.17. The van der Waals surface area contributed by atoms with Crippen LogP contribution in [0.5, 0.6) is 0 Å². The van der Waals surface area contributed by atoms with Crippen molar-refractivity contribution in [2.75, 3.05) is 0 Å². The Morgan fingerprint density at radius 3 is 2.56 bits per heavy atom.